The summed E-state index contributed by atoms with van der Waals surface area (Å²) in [7, 11) is 0. The van der Waals surface area contributed by atoms with E-state index >= 15 is 0 Å². The number of aryl methyl sites for hydroxylation is 2. The van der Waals surface area contributed by atoms with Gasteiger partial charge in [0, 0.05) is 11.6 Å². The summed E-state index contributed by atoms with van der Waals surface area (Å²) in [4.78, 5) is 24.1. The first-order valence-corrected chi connectivity index (χ1v) is 8.74. The van der Waals surface area contributed by atoms with E-state index in [1.807, 2.05) is 6.92 Å². The number of amides is 1. The highest BCUT2D eigenvalue weighted by molar-refractivity contribution is 6.32. The summed E-state index contributed by atoms with van der Waals surface area (Å²) < 4.78 is 20.1. The summed E-state index contributed by atoms with van der Waals surface area (Å²) >= 11 is 11.8. The summed E-state index contributed by atoms with van der Waals surface area (Å²) in [6.07, 6.45) is 1.82. The van der Waals surface area contributed by atoms with Crippen LogP contribution in [0.1, 0.15) is 35.8 Å². The molecular weight excluding hydrogens is 384 g/mol. The number of nitrogens with one attached hydrogen (secondary N) is 1. The van der Waals surface area contributed by atoms with Crippen molar-refractivity contribution in [3.8, 4) is 0 Å². The number of esters is 1. The van der Waals surface area contributed by atoms with Gasteiger partial charge >= 0.3 is 5.97 Å². The van der Waals surface area contributed by atoms with Crippen molar-refractivity contribution in [2.24, 2.45) is 0 Å². The molecule has 0 spiro atoms. The molecule has 0 saturated carbocycles. The van der Waals surface area contributed by atoms with Crippen LogP contribution in [0.4, 0.5) is 10.1 Å². The Balaban J connectivity index is 1.98. The summed E-state index contributed by atoms with van der Waals surface area (Å²) in [5, 5.41) is 6.88. The summed E-state index contributed by atoms with van der Waals surface area (Å²) in [5.74, 6) is -2.14. The lowest BCUT2D eigenvalue weighted by Gasteiger charge is -2.08. The van der Waals surface area contributed by atoms with Crippen LogP contribution in [0.5, 0.6) is 0 Å². The fraction of sp³-hybridized carbons (Fsp3) is 0.353. The lowest BCUT2D eigenvalue weighted by molar-refractivity contribution is -0.119. The van der Waals surface area contributed by atoms with E-state index in [0.29, 0.717) is 12.2 Å². The van der Waals surface area contributed by atoms with E-state index in [-0.39, 0.29) is 21.4 Å². The van der Waals surface area contributed by atoms with E-state index in [1.165, 1.54) is 16.8 Å². The molecule has 0 aliphatic carbocycles. The van der Waals surface area contributed by atoms with Gasteiger partial charge in [0.2, 0.25) is 0 Å². The fourth-order valence-corrected chi connectivity index (χ4v) is 2.72. The number of halogens is 3. The lowest BCUT2D eigenvalue weighted by atomic mass is 10.2. The van der Waals surface area contributed by atoms with Gasteiger partial charge in [-0.05, 0) is 31.5 Å². The molecule has 0 radical (unpaired) electrons. The maximum Gasteiger partial charge on any atom is 0.343 e. The molecule has 1 aromatic carbocycles. The quantitative estimate of drug-likeness (QED) is 0.704. The van der Waals surface area contributed by atoms with Crippen LogP contribution < -0.4 is 5.32 Å². The molecule has 0 bridgehead atoms. The Bertz CT molecular complexity index is 824. The number of hydrogen-bond acceptors (Lipinski definition) is 4. The van der Waals surface area contributed by atoms with Crippen molar-refractivity contribution in [2.75, 3.05) is 11.9 Å². The van der Waals surface area contributed by atoms with Gasteiger partial charge in [-0.3, -0.25) is 9.48 Å². The second-order valence-corrected chi connectivity index (χ2v) is 6.37. The molecule has 0 fully saturated rings. The third kappa shape index (κ3) is 4.95. The molecule has 0 atom stereocenters. The Morgan fingerprint density at radius 3 is 2.73 bits per heavy atom. The van der Waals surface area contributed by atoms with E-state index in [1.54, 1.807) is 6.92 Å². The average molecular weight is 402 g/mol. The zero-order chi connectivity index (χ0) is 19.3. The Hall–Kier alpha value is -2.12. The normalized spacial score (nSPS) is 10.7. The fourth-order valence-electron chi connectivity index (χ4n) is 2.22. The first kappa shape index (κ1) is 20.2. The zero-order valence-electron chi connectivity index (χ0n) is 14.3. The number of hydrogen-bond donors (Lipinski definition) is 1. The van der Waals surface area contributed by atoms with Crippen molar-refractivity contribution in [2.45, 2.75) is 33.2 Å². The van der Waals surface area contributed by atoms with Crippen LogP contribution in [0, 0.1) is 12.7 Å². The number of unbranched alkanes of at least 4 members (excludes halogenated alkanes) is 1. The van der Waals surface area contributed by atoms with Gasteiger partial charge in [-0.25, -0.2) is 9.18 Å². The van der Waals surface area contributed by atoms with Gasteiger partial charge in [0.25, 0.3) is 5.91 Å². The van der Waals surface area contributed by atoms with E-state index in [0.717, 1.165) is 18.9 Å². The van der Waals surface area contributed by atoms with Crippen LogP contribution in [0.2, 0.25) is 10.2 Å². The van der Waals surface area contributed by atoms with Crippen molar-refractivity contribution < 1.29 is 18.7 Å². The van der Waals surface area contributed by atoms with Crippen LogP contribution >= 0.6 is 23.2 Å². The van der Waals surface area contributed by atoms with Gasteiger partial charge < -0.3 is 10.1 Å². The average Bonchev–Trinajstić information content (AvgIpc) is 2.87. The maximum absolute atomic E-state index is 13.6. The molecule has 140 valence electrons. The highest BCUT2D eigenvalue weighted by atomic mass is 35.5. The molecule has 1 amide bonds. The minimum Gasteiger partial charge on any atom is -0.452 e. The van der Waals surface area contributed by atoms with Crippen molar-refractivity contribution in [3.05, 3.63) is 45.4 Å². The smallest absolute Gasteiger partial charge is 0.343 e. The van der Waals surface area contributed by atoms with E-state index < -0.39 is 24.3 Å². The molecule has 2 aromatic rings. The maximum atomic E-state index is 13.6. The Morgan fingerprint density at radius 1 is 1.35 bits per heavy atom. The van der Waals surface area contributed by atoms with Gasteiger partial charge in [-0.15, -0.1) is 0 Å². The molecule has 0 aliphatic rings. The second-order valence-electron chi connectivity index (χ2n) is 5.58. The monoisotopic (exact) mass is 401 g/mol. The Kier molecular flexibility index (Phi) is 6.99. The van der Waals surface area contributed by atoms with Crippen LogP contribution in [-0.4, -0.2) is 28.3 Å². The number of benzene rings is 1. The van der Waals surface area contributed by atoms with Crippen LogP contribution in [0.3, 0.4) is 0 Å². The first-order chi connectivity index (χ1) is 12.3. The van der Waals surface area contributed by atoms with Crippen molar-refractivity contribution in [1.29, 1.82) is 0 Å². The third-order valence-electron chi connectivity index (χ3n) is 3.53. The van der Waals surface area contributed by atoms with Gasteiger partial charge in [0.1, 0.15) is 16.5 Å². The van der Waals surface area contributed by atoms with E-state index in [9.17, 15) is 14.0 Å². The number of carbonyl (C=O) groups excluding carboxylic acids is 2. The minimum atomic E-state index is -0.762. The molecule has 1 aromatic heterocycles. The molecule has 1 heterocycles. The van der Waals surface area contributed by atoms with Crippen molar-refractivity contribution in [3.63, 3.8) is 0 Å². The standard InChI is InChI=1S/C17H18Cl2FN3O3/c1-3-4-7-23-16(19)15(10(2)22-23)17(25)26-9-14(24)21-13-6-5-11(18)8-12(13)20/h5-6,8H,3-4,7,9H2,1-2H3,(H,21,24). The largest absolute Gasteiger partial charge is 0.452 e. The van der Waals surface area contributed by atoms with E-state index in [2.05, 4.69) is 10.4 Å². The number of aromatic nitrogens is 2. The van der Waals surface area contributed by atoms with Crippen molar-refractivity contribution >= 4 is 40.8 Å². The second kappa shape index (κ2) is 9.00. The molecular formula is C17H18Cl2FN3O3. The highest BCUT2D eigenvalue weighted by Gasteiger charge is 2.22. The third-order valence-corrected chi connectivity index (χ3v) is 4.15. The predicted octanol–water partition coefficient (Wildman–Crippen LogP) is 4.23. The van der Waals surface area contributed by atoms with Crippen LogP contribution in [-0.2, 0) is 16.1 Å². The molecule has 1 N–H and O–H groups in total. The SMILES string of the molecule is CCCCn1nc(C)c(C(=O)OCC(=O)Nc2ccc(Cl)cc2F)c1Cl. The lowest BCUT2D eigenvalue weighted by Crippen LogP contribution is -2.21. The van der Waals surface area contributed by atoms with Gasteiger partial charge in [0.15, 0.2) is 6.61 Å². The van der Waals surface area contributed by atoms with Gasteiger partial charge in [-0.2, -0.15) is 5.10 Å². The molecule has 9 heteroatoms. The number of nitrogens with zero attached hydrogens (tertiary/aromatic N) is 2. The summed E-state index contributed by atoms with van der Waals surface area (Å²) in [6, 6.07) is 3.81. The van der Waals surface area contributed by atoms with E-state index in [4.69, 9.17) is 27.9 Å². The Morgan fingerprint density at radius 2 is 2.08 bits per heavy atom. The molecule has 26 heavy (non-hydrogen) atoms. The topological polar surface area (TPSA) is 73.2 Å². The highest BCUT2D eigenvalue weighted by Crippen LogP contribution is 2.22. The van der Waals surface area contributed by atoms with Crippen LogP contribution in [0.25, 0.3) is 0 Å². The first-order valence-electron chi connectivity index (χ1n) is 7.98. The summed E-state index contributed by atoms with van der Waals surface area (Å²) in [6.45, 7) is 3.66. The zero-order valence-corrected chi connectivity index (χ0v) is 15.8. The number of rotatable bonds is 7. The molecule has 2 rings (SSSR count). The number of carbonyl (C=O) groups is 2. The molecule has 0 unspecified atom stereocenters. The number of anilines is 1. The number of ether oxygens (including phenoxy) is 1. The van der Waals surface area contributed by atoms with Gasteiger partial charge in [-0.1, -0.05) is 36.5 Å². The molecule has 0 aliphatic heterocycles. The summed E-state index contributed by atoms with van der Waals surface area (Å²) in [5.41, 5.74) is 0.477. The molecule has 6 nitrogen and oxygen atoms in total. The molecule has 0 saturated heterocycles. The van der Waals surface area contributed by atoms with Gasteiger partial charge in [0.05, 0.1) is 11.4 Å². The predicted molar refractivity (Wildman–Crippen MR) is 97.2 cm³/mol. The Labute approximate surface area is 160 Å². The van der Waals surface area contributed by atoms with Crippen LogP contribution in [0.15, 0.2) is 18.2 Å². The van der Waals surface area contributed by atoms with Crippen molar-refractivity contribution in [1.82, 2.24) is 9.78 Å². The minimum absolute atomic E-state index is 0.0583.